The molecular formula is C37H40N6O4S. The zero-order valence-electron chi connectivity index (χ0n) is 27.8. The number of carbonyl (C=O) groups is 1. The molecule has 2 aromatic heterocycles. The van der Waals surface area contributed by atoms with Crippen LogP contribution in [-0.4, -0.2) is 46.7 Å². The van der Waals surface area contributed by atoms with Gasteiger partial charge in [-0.1, -0.05) is 75.4 Å². The normalized spacial score (nSPS) is 16.2. The molecule has 0 saturated heterocycles. The molecule has 1 N–H and O–H groups in total. The Labute approximate surface area is 281 Å². The van der Waals surface area contributed by atoms with E-state index in [9.17, 15) is 13.2 Å². The van der Waals surface area contributed by atoms with Gasteiger partial charge in [-0.3, -0.25) is 14.4 Å². The molecular weight excluding hydrogens is 625 g/mol. The van der Waals surface area contributed by atoms with E-state index in [0.717, 1.165) is 28.7 Å². The molecule has 3 heterocycles. The van der Waals surface area contributed by atoms with Gasteiger partial charge in [0, 0.05) is 23.4 Å². The van der Waals surface area contributed by atoms with Crippen molar-refractivity contribution in [3.05, 3.63) is 114 Å². The van der Waals surface area contributed by atoms with Gasteiger partial charge in [0.25, 0.3) is 15.9 Å². The molecule has 48 heavy (non-hydrogen) atoms. The Morgan fingerprint density at radius 2 is 1.67 bits per heavy atom. The van der Waals surface area contributed by atoms with Crippen LogP contribution in [-0.2, 0) is 16.6 Å². The number of ether oxygens (including phenoxy) is 1. The molecule has 6 rings (SSSR count). The molecule has 1 atom stereocenters. The number of hydrogen-bond acceptors (Lipinski definition) is 7. The Kier molecular flexibility index (Phi) is 9.07. The van der Waals surface area contributed by atoms with Crippen LogP contribution in [0.2, 0.25) is 0 Å². The first-order chi connectivity index (χ1) is 22.9. The number of hydrogen-bond donors (Lipinski definition) is 1. The number of aromatic nitrogens is 4. The van der Waals surface area contributed by atoms with Gasteiger partial charge in [0.1, 0.15) is 6.61 Å². The molecule has 10 nitrogen and oxygen atoms in total. The standard InChI is InChI=1S/C37H40N6O4S/c1-25-11-9-12-26(2)34(25)32-20-33-40-36(39-32)41-48(45,46)31-16-10-15-28(19-31)35(44)43(29(24-47-33)17-18-37(3,4)5)30-21-38-42(23-30)22-27-13-7-6-8-14-27/h6-16,19-21,23,29H,17-18,22,24H2,1-5H3,(H,39,40,41)/t29-/m1/s1. The van der Waals surface area contributed by atoms with Crippen LogP contribution in [0.1, 0.15) is 60.7 Å². The summed E-state index contributed by atoms with van der Waals surface area (Å²) in [4.78, 5) is 25.2. The van der Waals surface area contributed by atoms with Crippen molar-refractivity contribution in [3.63, 3.8) is 0 Å². The van der Waals surface area contributed by atoms with Crippen molar-refractivity contribution in [1.29, 1.82) is 0 Å². The molecule has 11 heteroatoms. The number of sulfonamides is 1. The molecule has 0 spiro atoms. The SMILES string of the molecule is Cc1cccc(C)c1-c1cc2nc(n1)NS(=O)(=O)c1cccc(c1)C(=O)N(c1cnn(Cc3ccccc3)c1)[C@H](CCC(C)(C)C)CO2. The molecule has 0 aliphatic carbocycles. The lowest BCUT2D eigenvalue weighted by Gasteiger charge is -2.32. The summed E-state index contributed by atoms with van der Waals surface area (Å²) in [6, 6.07) is 23.2. The van der Waals surface area contributed by atoms with E-state index in [-0.39, 0.29) is 40.2 Å². The first-order valence-corrected chi connectivity index (χ1v) is 17.5. The highest BCUT2D eigenvalue weighted by atomic mass is 32.2. The number of nitrogens with one attached hydrogen (secondary N) is 1. The van der Waals surface area contributed by atoms with Gasteiger partial charge < -0.3 is 4.74 Å². The van der Waals surface area contributed by atoms with Crippen molar-refractivity contribution in [2.45, 2.75) is 64.9 Å². The lowest BCUT2D eigenvalue weighted by molar-refractivity contribution is 0.0960. The highest BCUT2D eigenvalue weighted by Gasteiger charge is 2.31. The molecule has 3 aromatic carbocycles. The molecule has 1 aliphatic rings. The zero-order chi connectivity index (χ0) is 34.1. The molecule has 4 bridgehead atoms. The summed E-state index contributed by atoms with van der Waals surface area (Å²) in [6.07, 6.45) is 4.92. The van der Waals surface area contributed by atoms with Gasteiger partial charge in [0.05, 0.1) is 35.1 Å². The van der Waals surface area contributed by atoms with Gasteiger partial charge in [-0.2, -0.15) is 10.1 Å². The molecule has 5 aromatic rings. The number of amides is 1. The number of nitrogens with zero attached hydrogens (tertiary/aromatic N) is 5. The number of benzene rings is 3. The smallest absolute Gasteiger partial charge is 0.264 e. The number of aryl methyl sites for hydroxylation is 2. The summed E-state index contributed by atoms with van der Waals surface area (Å²) in [6.45, 7) is 11.1. The van der Waals surface area contributed by atoms with Crippen molar-refractivity contribution in [3.8, 4) is 17.1 Å². The van der Waals surface area contributed by atoms with E-state index in [1.807, 2.05) is 68.6 Å². The van der Waals surface area contributed by atoms with E-state index in [1.54, 1.807) is 34.0 Å². The van der Waals surface area contributed by atoms with Crippen LogP contribution in [0.25, 0.3) is 11.3 Å². The number of rotatable bonds is 6. The van der Waals surface area contributed by atoms with Gasteiger partial charge in [-0.25, -0.2) is 18.1 Å². The maximum atomic E-state index is 14.5. The fourth-order valence-electron chi connectivity index (χ4n) is 5.90. The minimum Gasteiger partial charge on any atom is -0.475 e. The first-order valence-electron chi connectivity index (χ1n) is 16.0. The molecule has 0 radical (unpaired) electrons. The molecule has 0 fully saturated rings. The summed E-state index contributed by atoms with van der Waals surface area (Å²) in [5.41, 5.74) is 5.19. The largest absolute Gasteiger partial charge is 0.475 e. The highest BCUT2D eigenvalue weighted by Crippen LogP contribution is 2.32. The average molecular weight is 665 g/mol. The van der Waals surface area contributed by atoms with Gasteiger partial charge in [0.15, 0.2) is 0 Å². The topological polar surface area (TPSA) is 119 Å². The fourth-order valence-corrected chi connectivity index (χ4v) is 6.89. The van der Waals surface area contributed by atoms with E-state index >= 15 is 0 Å². The summed E-state index contributed by atoms with van der Waals surface area (Å²) >= 11 is 0. The van der Waals surface area contributed by atoms with E-state index < -0.39 is 16.1 Å². The monoisotopic (exact) mass is 664 g/mol. The zero-order valence-corrected chi connectivity index (χ0v) is 28.7. The third-order valence-corrected chi connectivity index (χ3v) is 9.70. The van der Waals surface area contributed by atoms with Crippen LogP contribution >= 0.6 is 0 Å². The van der Waals surface area contributed by atoms with Crippen molar-refractivity contribution in [2.75, 3.05) is 16.2 Å². The second-order valence-electron chi connectivity index (χ2n) is 13.4. The molecule has 0 saturated carbocycles. The highest BCUT2D eigenvalue weighted by molar-refractivity contribution is 7.92. The Morgan fingerprint density at radius 3 is 2.40 bits per heavy atom. The maximum Gasteiger partial charge on any atom is 0.264 e. The van der Waals surface area contributed by atoms with Crippen molar-refractivity contribution < 1.29 is 17.9 Å². The van der Waals surface area contributed by atoms with Crippen LogP contribution in [0.3, 0.4) is 0 Å². The molecule has 0 unspecified atom stereocenters. The summed E-state index contributed by atoms with van der Waals surface area (Å²) in [5.74, 6) is -0.285. The van der Waals surface area contributed by atoms with E-state index in [4.69, 9.17) is 4.74 Å². The van der Waals surface area contributed by atoms with Gasteiger partial charge in [-0.05, 0) is 67.0 Å². The number of anilines is 2. The lowest BCUT2D eigenvalue weighted by atomic mass is 9.88. The summed E-state index contributed by atoms with van der Waals surface area (Å²) in [5, 5.41) is 4.60. The Hall–Kier alpha value is -5.03. The van der Waals surface area contributed by atoms with Crippen molar-refractivity contribution >= 4 is 27.6 Å². The number of fused-ring (bicyclic) bond motifs is 4. The Bertz CT molecular complexity index is 2030. The van der Waals surface area contributed by atoms with E-state index in [1.165, 1.54) is 12.1 Å². The third-order valence-electron chi connectivity index (χ3n) is 8.38. The average Bonchev–Trinajstić information content (AvgIpc) is 3.49. The molecule has 1 amide bonds. The van der Waals surface area contributed by atoms with E-state index in [0.29, 0.717) is 24.3 Å². The van der Waals surface area contributed by atoms with Crippen LogP contribution in [0.5, 0.6) is 5.88 Å². The van der Waals surface area contributed by atoms with Crippen LogP contribution < -0.4 is 14.4 Å². The second-order valence-corrected chi connectivity index (χ2v) is 15.1. The third kappa shape index (κ3) is 7.41. The fraction of sp³-hybridized carbons (Fsp3) is 0.297. The first kappa shape index (κ1) is 32.9. The molecule has 1 aliphatic heterocycles. The minimum atomic E-state index is -4.17. The lowest BCUT2D eigenvalue weighted by Crippen LogP contribution is -2.44. The van der Waals surface area contributed by atoms with Crippen LogP contribution in [0.4, 0.5) is 11.6 Å². The van der Waals surface area contributed by atoms with Crippen molar-refractivity contribution in [1.82, 2.24) is 19.7 Å². The quantitative estimate of drug-likeness (QED) is 0.207. The van der Waals surface area contributed by atoms with Gasteiger partial charge in [0.2, 0.25) is 11.8 Å². The van der Waals surface area contributed by atoms with Crippen LogP contribution in [0.15, 0.2) is 96.2 Å². The van der Waals surface area contributed by atoms with E-state index in [2.05, 4.69) is 40.6 Å². The Morgan fingerprint density at radius 1 is 0.938 bits per heavy atom. The summed E-state index contributed by atoms with van der Waals surface area (Å²) in [7, 11) is -4.17. The Balaban J connectivity index is 1.48. The van der Waals surface area contributed by atoms with Gasteiger partial charge in [-0.15, -0.1) is 0 Å². The van der Waals surface area contributed by atoms with Gasteiger partial charge >= 0.3 is 0 Å². The molecule has 248 valence electrons. The van der Waals surface area contributed by atoms with Crippen LogP contribution in [0, 0.1) is 19.3 Å². The summed E-state index contributed by atoms with van der Waals surface area (Å²) < 4.78 is 38.1. The predicted molar refractivity (Wildman–Crippen MR) is 187 cm³/mol. The predicted octanol–water partition coefficient (Wildman–Crippen LogP) is 7.04. The minimum absolute atomic E-state index is 0.0249. The maximum absolute atomic E-state index is 14.5. The number of carbonyl (C=O) groups excluding carboxylic acids is 1. The second kappa shape index (κ2) is 13.2. The van der Waals surface area contributed by atoms with Crippen molar-refractivity contribution in [2.24, 2.45) is 5.41 Å².